The van der Waals surface area contributed by atoms with Gasteiger partial charge < -0.3 is 5.32 Å². The van der Waals surface area contributed by atoms with E-state index < -0.39 is 0 Å². The van der Waals surface area contributed by atoms with Crippen molar-refractivity contribution in [1.82, 2.24) is 5.32 Å². The number of nitrogens with zero attached hydrogens (tertiary/aromatic N) is 1. The number of thioether (sulfide) groups is 1. The first-order valence-corrected chi connectivity index (χ1v) is 6.16. The molecule has 0 saturated heterocycles. The predicted molar refractivity (Wildman–Crippen MR) is 62.8 cm³/mol. The number of thiophene rings is 1. The van der Waals surface area contributed by atoms with Crippen LogP contribution in [0.5, 0.6) is 0 Å². The largest absolute Gasteiger partial charge is 0.360 e. The lowest BCUT2D eigenvalue weighted by Crippen LogP contribution is -2.19. The van der Waals surface area contributed by atoms with Crippen molar-refractivity contribution in [3.05, 3.63) is 21.9 Å². The maximum atomic E-state index is 4.11. The van der Waals surface area contributed by atoms with Crippen LogP contribution in [-0.4, -0.2) is 18.5 Å². The third-order valence-electron chi connectivity index (χ3n) is 1.76. The fourth-order valence-corrected chi connectivity index (χ4v) is 2.23. The third kappa shape index (κ3) is 3.04. The van der Waals surface area contributed by atoms with E-state index >= 15 is 0 Å². The summed E-state index contributed by atoms with van der Waals surface area (Å²) in [6.45, 7) is 3.02. The smallest absolute Gasteiger partial charge is 0.156 e. The van der Waals surface area contributed by atoms with E-state index in [2.05, 4.69) is 28.7 Å². The van der Waals surface area contributed by atoms with Gasteiger partial charge in [0.2, 0.25) is 0 Å². The summed E-state index contributed by atoms with van der Waals surface area (Å²) >= 11 is 3.43. The normalized spacial score (nSPS) is 11.8. The minimum absolute atomic E-state index is 0.886. The topological polar surface area (TPSA) is 24.4 Å². The van der Waals surface area contributed by atoms with Gasteiger partial charge in [0, 0.05) is 11.9 Å². The average Bonchev–Trinajstić information content (AvgIpc) is 2.54. The molecule has 4 heteroatoms. The average molecular weight is 214 g/mol. The summed E-state index contributed by atoms with van der Waals surface area (Å²) in [5.41, 5.74) is 1.36. The molecule has 72 valence electrons. The number of aliphatic imine (C=N–C) groups is 1. The van der Waals surface area contributed by atoms with Crippen LogP contribution in [0, 0.1) is 6.92 Å². The summed E-state index contributed by atoms with van der Waals surface area (Å²) in [5.74, 6) is 0. The second-order valence-electron chi connectivity index (χ2n) is 2.61. The van der Waals surface area contributed by atoms with Crippen LogP contribution in [0.25, 0.3) is 0 Å². The van der Waals surface area contributed by atoms with Crippen LogP contribution in [0.2, 0.25) is 0 Å². The van der Waals surface area contributed by atoms with Gasteiger partial charge in [-0.25, -0.2) is 0 Å². The Morgan fingerprint density at radius 1 is 1.69 bits per heavy atom. The molecule has 1 aromatic heterocycles. The molecule has 0 amide bonds. The lowest BCUT2D eigenvalue weighted by molar-refractivity contribution is 0.937. The van der Waals surface area contributed by atoms with Crippen molar-refractivity contribution in [3.63, 3.8) is 0 Å². The van der Waals surface area contributed by atoms with Gasteiger partial charge in [0.05, 0.1) is 6.54 Å². The number of amidine groups is 1. The van der Waals surface area contributed by atoms with Gasteiger partial charge >= 0.3 is 0 Å². The zero-order chi connectivity index (χ0) is 9.68. The van der Waals surface area contributed by atoms with Crippen molar-refractivity contribution in [2.45, 2.75) is 13.5 Å². The van der Waals surface area contributed by atoms with Gasteiger partial charge in [0.1, 0.15) is 0 Å². The van der Waals surface area contributed by atoms with Crippen LogP contribution in [0.4, 0.5) is 0 Å². The molecule has 1 aromatic rings. The molecule has 0 atom stereocenters. The zero-order valence-electron chi connectivity index (χ0n) is 8.13. The SMILES string of the molecule is CN=C(NCc1sccc1C)SC. The Hall–Kier alpha value is -0.480. The van der Waals surface area contributed by atoms with Crippen molar-refractivity contribution in [1.29, 1.82) is 0 Å². The van der Waals surface area contributed by atoms with E-state index in [4.69, 9.17) is 0 Å². The molecule has 0 aliphatic rings. The predicted octanol–water partition coefficient (Wildman–Crippen LogP) is 2.49. The number of hydrogen-bond acceptors (Lipinski definition) is 3. The number of aryl methyl sites for hydroxylation is 1. The molecular formula is C9H14N2S2. The monoisotopic (exact) mass is 214 g/mol. The Bertz CT molecular complexity index is 292. The van der Waals surface area contributed by atoms with Gasteiger partial charge in [-0.1, -0.05) is 11.8 Å². The molecule has 0 aromatic carbocycles. The Balaban J connectivity index is 2.48. The second-order valence-corrected chi connectivity index (χ2v) is 4.41. The molecule has 0 radical (unpaired) electrons. The molecule has 0 aliphatic carbocycles. The van der Waals surface area contributed by atoms with E-state index in [1.165, 1.54) is 10.4 Å². The Labute approximate surface area is 87.5 Å². The summed E-state index contributed by atoms with van der Waals surface area (Å²) in [4.78, 5) is 5.49. The molecule has 1 heterocycles. The zero-order valence-corrected chi connectivity index (χ0v) is 9.76. The van der Waals surface area contributed by atoms with Gasteiger partial charge in [0.15, 0.2) is 5.17 Å². The Morgan fingerprint density at radius 2 is 2.46 bits per heavy atom. The van der Waals surface area contributed by atoms with E-state index in [-0.39, 0.29) is 0 Å². The first kappa shape index (κ1) is 10.6. The maximum Gasteiger partial charge on any atom is 0.156 e. The maximum absolute atomic E-state index is 4.11. The first-order valence-electron chi connectivity index (χ1n) is 4.05. The lowest BCUT2D eigenvalue weighted by atomic mass is 10.3. The highest BCUT2D eigenvalue weighted by Crippen LogP contribution is 2.15. The molecule has 0 spiro atoms. The second kappa shape index (κ2) is 5.29. The summed E-state index contributed by atoms with van der Waals surface area (Å²) in [6.07, 6.45) is 2.02. The van der Waals surface area contributed by atoms with Crippen molar-refractivity contribution in [2.75, 3.05) is 13.3 Å². The molecule has 0 bridgehead atoms. The van der Waals surface area contributed by atoms with Gasteiger partial charge in [-0.05, 0) is 30.2 Å². The molecule has 13 heavy (non-hydrogen) atoms. The Kier molecular flexibility index (Phi) is 4.32. The molecule has 2 nitrogen and oxygen atoms in total. The van der Waals surface area contributed by atoms with Crippen molar-refractivity contribution >= 4 is 28.3 Å². The van der Waals surface area contributed by atoms with Gasteiger partial charge in [-0.2, -0.15) is 0 Å². The highest BCUT2D eigenvalue weighted by molar-refractivity contribution is 8.13. The number of hydrogen-bond donors (Lipinski definition) is 1. The first-order chi connectivity index (χ1) is 6.27. The van der Waals surface area contributed by atoms with E-state index in [0.717, 1.165) is 11.7 Å². The van der Waals surface area contributed by atoms with Gasteiger partial charge in [-0.3, -0.25) is 4.99 Å². The fraction of sp³-hybridized carbons (Fsp3) is 0.444. The van der Waals surface area contributed by atoms with Crippen LogP contribution in [0.15, 0.2) is 16.4 Å². The van der Waals surface area contributed by atoms with E-state index in [1.807, 2.05) is 6.26 Å². The minimum Gasteiger partial charge on any atom is -0.360 e. The van der Waals surface area contributed by atoms with E-state index in [1.54, 1.807) is 30.1 Å². The summed E-state index contributed by atoms with van der Waals surface area (Å²) < 4.78 is 0. The van der Waals surface area contributed by atoms with Crippen LogP contribution < -0.4 is 5.32 Å². The highest BCUT2D eigenvalue weighted by atomic mass is 32.2. The van der Waals surface area contributed by atoms with E-state index in [9.17, 15) is 0 Å². The Morgan fingerprint density at radius 3 is 2.92 bits per heavy atom. The van der Waals surface area contributed by atoms with Crippen LogP contribution >= 0.6 is 23.1 Å². The molecule has 0 saturated carbocycles. The van der Waals surface area contributed by atoms with E-state index in [0.29, 0.717) is 0 Å². The standard InChI is InChI=1S/C9H14N2S2/c1-7-4-5-13-8(7)6-11-9(10-2)12-3/h4-5H,6H2,1-3H3,(H,10,11). The quantitative estimate of drug-likeness (QED) is 0.604. The molecule has 0 unspecified atom stereocenters. The molecular weight excluding hydrogens is 200 g/mol. The summed E-state index contributed by atoms with van der Waals surface area (Å²) in [6, 6.07) is 2.14. The van der Waals surface area contributed by atoms with Crippen LogP contribution in [0.1, 0.15) is 10.4 Å². The third-order valence-corrected chi connectivity index (χ3v) is 3.50. The number of rotatable bonds is 2. The van der Waals surface area contributed by atoms with Crippen LogP contribution in [0.3, 0.4) is 0 Å². The lowest BCUT2D eigenvalue weighted by Gasteiger charge is -2.05. The molecule has 1 N–H and O–H groups in total. The summed E-state index contributed by atoms with van der Waals surface area (Å²) in [5, 5.41) is 6.40. The summed E-state index contributed by atoms with van der Waals surface area (Å²) in [7, 11) is 1.81. The van der Waals surface area contributed by atoms with Crippen molar-refractivity contribution < 1.29 is 0 Å². The number of nitrogens with one attached hydrogen (secondary N) is 1. The van der Waals surface area contributed by atoms with Gasteiger partial charge in [0.25, 0.3) is 0 Å². The van der Waals surface area contributed by atoms with Crippen molar-refractivity contribution in [3.8, 4) is 0 Å². The van der Waals surface area contributed by atoms with Gasteiger partial charge in [-0.15, -0.1) is 11.3 Å². The molecule has 0 aliphatic heterocycles. The molecule has 0 fully saturated rings. The highest BCUT2D eigenvalue weighted by Gasteiger charge is 2.00. The fourth-order valence-electron chi connectivity index (χ4n) is 0.984. The van der Waals surface area contributed by atoms with Crippen LogP contribution in [-0.2, 0) is 6.54 Å². The van der Waals surface area contributed by atoms with Crippen molar-refractivity contribution in [2.24, 2.45) is 4.99 Å². The molecule has 1 rings (SSSR count). The minimum atomic E-state index is 0.886.